The summed E-state index contributed by atoms with van der Waals surface area (Å²) < 4.78 is 4.55. The van der Waals surface area contributed by atoms with Crippen molar-refractivity contribution in [2.75, 3.05) is 13.7 Å². The summed E-state index contributed by atoms with van der Waals surface area (Å²) in [7, 11) is 1.27. The van der Waals surface area contributed by atoms with E-state index in [4.69, 9.17) is 0 Å². The number of amides is 2. The summed E-state index contributed by atoms with van der Waals surface area (Å²) in [5.74, 6) is -1.25. The van der Waals surface area contributed by atoms with Crippen LogP contribution in [-0.4, -0.2) is 41.3 Å². The zero-order valence-electron chi connectivity index (χ0n) is 12.3. The predicted molar refractivity (Wildman–Crippen MR) is 78.5 cm³/mol. The number of fused-ring (bicyclic) bond motifs is 3. The Kier molecular flexibility index (Phi) is 3.36. The number of imide groups is 1. The second-order valence-electron chi connectivity index (χ2n) is 5.05. The highest BCUT2D eigenvalue weighted by Gasteiger charge is 2.38. The predicted octanol–water partition coefficient (Wildman–Crippen LogP) is 1.70. The van der Waals surface area contributed by atoms with Crippen LogP contribution in [0.5, 0.6) is 0 Å². The molecule has 1 aliphatic heterocycles. The van der Waals surface area contributed by atoms with Gasteiger partial charge in [-0.25, -0.2) is 0 Å². The van der Waals surface area contributed by atoms with Gasteiger partial charge in [0.25, 0.3) is 11.8 Å². The smallest absolute Gasteiger partial charge is 0.307 e. The van der Waals surface area contributed by atoms with E-state index in [1.165, 1.54) is 7.11 Å². The van der Waals surface area contributed by atoms with Crippen molar-refractivity contribution in [3.05, 3.63) is 41.1 Å². The molecule has 0 saturated heterocycles. The lowest BCUT2D eigenvalue weighted by Crippen LogP contribution is -2.32. The van der Waals surface area contributed by atoms with Crippen LogP contribution in [-0.2, 0) is 9.53 Å². The number of carbonyl (C=O) groups excluding carboxylic acids is 3. The van der Waals surface area contributed by atoms with E-state index in [1.54, 1.807) is 25.1 Å². The zero-order valence-corrected chi connectivity index (χ0v) is 12.3. The summed E-state index contributed by atoms with van der Waals surface area (Å²) in [6.07, 6.45) is -0.0215. The van der Waals surface area contributed by atoms with E-state index in [9.17, 15) is 14.4 Å². The van der Waals surface area contributed by atoms with Crippen molar-refractivity contribution >= 4 is 28.7 Å². The topological polar surface area (TPSA) is 76.6 Å². The Bertz CT molecular complexity index is 813. The first-order valence-electron chi connectivity index (χ1n) is 6.87. The minimum absolute atomic E-state index is 0.00673. The van der Waals surface area contributed by atoms with Crippen molar-refractivity contribution in [1.82, 2.24) is 9.88 Å². The first-order valence-corrected chi connectivity index (χ1v) is 6.87. The van der Waals surface area contributed by atoms with Gasteiger partial charge in [0.1, 0.15) is 0 Å². The summed E-state index contributed by atoms with van der Waals surface area (Å²) in [5, 5.41) is 0.655. The van der Waals surface area contributed by atoms with E-state index in [0.29, 0.717) is 27.7 Å². The number of rotatable bonds is 3. The molecule has 0 atom stereocenters. The molecule has 0 fully saturated rings. The lowest BCUT2D eigenvalue weighted by Gasteiger charge is -2.12. The van der Waals surface area contributed by atoms with E-state index in [0.717, 1.165) is 4.90 Å². The van der Waals surface area contributed by atoms with Crippen LogP contribution in [0.1, 0.15) is 32.8 Å². The molecule has 6 nitrogen and oxygen atoms in total. The van der Waals surface area contributed by atoms with Gasteiger partial charge in [-0.1, -0.05) is 18.2 Å². The van der Waals surface area contributed by atoms with Gasteiger partial charge in [-0.2, -0.15) is 0 Å². The van der Waals surface area contributed by atoms with Crippen LogP contribution >= 0.6 is 0 Å². The Labute approximate surface area is 126 Å². The van der Waals surface area contributed by atoms with Gasteiger partial charge in [-0.15, -0.1) is 0 Å². The largest absolute Gasteiger partial charge is 0.469 e. The molecule has 1 aromatic carbocycles. The molecule has 0 unspecified atom stereocenters. The fraction of sp³-hybridized carbons (Fsp3) is 0.250. The van der Waals surface area contributed by atoms with Gasteiger partial charge in [-0.3, -0.25) is 24.3 Å². The van der Waals surface area contributed by atoms with Crippen LogP contribution < -0.4 is 0 Å². The molecule has 6 heteroatoms. The van der Waals surface area contributed by atoms with Crippen LogP contribution in [0, 0.1) is 6.92 Å². The normalized spacial score (nSPS) is 13.6. The number of nitrogens with zero attached hydrogens (tertiary/aromatic N) is 2. The van der Waals surface area contributed by atoms with E-state index < -0.39 is 11.9 Å². The first-order chi connectivity index (χ1) is 10.5. The SMILES string of the molecule is COC(=O)CCN1C(=O)c2c(C)nc3ccccc3c2C1=O. The van der Waals surface area contributed by atoms with Gasteiger partial charge in [0.2, 0.25) is 0 Å². The lowest BCUT2D eigenvalue weighted by atomic mass is 10.0. The third-order valence-electron chi connectivity index (χ3n) is 3.76. The van der Waals surface area contributed by atoms with E-state index in [1.807, 2.05) is 6.07 Å². The quantitative estimate of drug-likeness (QED) is 0.637. The fourth-order valence-corrected chi connectivity index (χ4v) is 2.69. The molecule has 0 spiro atoms. The van der Waals surface area contributed by atoms with Crippen molar-refractivity contribution in [3.8, 4) is 0 Å². The van der Waals surface area contributed by atoms with Gasteiger partial charge >= 0.3 is 5.97 Å². The molecule has 0 radical (unpaired) electrons. The number of ether oxygens (including phenoxy) is 1. The first kappa shape index (κ1) is 14.2. The lowest BCUT2D eigenvalue weighted by molar-refractivity contribution is -0.140. The van der Waals surface area contributed by atoms with Gasteiger partial charge in [0.05, 0.1) is 35.9 Å². The zero-order chi connectivity index (χ0) is 15.9. The van der Waals surface area contributed by atoms with Crippen molar-refractivity contribution in [3.63, 3.8) is 0 Å². The highest BCUT2D eigenvalue weighted by molar-refractivity contribution is 6.26. The summed E-state index contributed by atoms with van der Waals surface area (Å²) >= 11 is 0. The number of methoxy groups -OCH3 is 1. The van der Waals surface area contributed by atoms with Gasteiger partial charge < -0.3 is 4.74 Å². The third-order valence-corrected chi connectivity index (χ3v) is 3.76. The molecule has 1 aliphatic rings. The second kappa shape index (κ2) is 5.22. The molecule has 0 bridgehead atoms. The number of aryl methyl sites for hydroxylation is 1. The van der Waals surface area contributed by atoms with Gasteiger partial charge in [0.15, 0.2) is 0 Å². The number of esters is 1. The minimum atomic E-state index is -0.462. The molecule has 22 heavy (non-hydrogen) atoms. The Balaban J connectivity index is 2.07. The maximum atomic E-state index is 12.6. The van der Waals surface area contributed by atoms with Crippen LogP contribution in [0.4, 0.5) is 0 Å². The minimum Gasteiger partial charge on any atom is -0.469 e. The van der Waals surface area contributed by atoms with Crippen molar-refractivity contribution in [1.29, 1.82) is 0 Å². The highest BCUT2D eigenvalue weighted by atomic mass is 16.5. The van der Waals surface area contributed by atoms with Gasteiger partial charge in [0, 0.05) is 11.9 Å². The summed E-state index contributed by atoms with van der Waals surface area (Å²) in [5.41, 5.74) is 1.90. The monoisotopic (exact) mass is 298 g/mol. The molecule has 3 rings (SSSR count). The van der Waals surface area contributed by atoms with Crippen LogP contribution in [0.25, 0.3) is 10.9 Å². The summed E-state index contributed by atoms with van der Waals surface area (Å²) in [6.45, 7) is 1.72. The maximum Gasteiger partial charge on any atom is 0.307 e. The van der Waals surface area contributed by atoms with E-state index >= 15 is 0 Å². The molecule has 2 amide bonds. The van der Waals surface area contributed by atoms with Crippen LogP contribution in [0.3, 0.4) is 0 Å². The number of para-hydroxylation sites is 1. The average molecular weight is 298 g/mol. The Morgan fingerprint density at radius 3 is 2.59 bits per heavy atom. The van der Waals surface area contributed by atoms with Crippen molar-refractivity contribution < 1.29 is 19.1 Å². The van der Waals surface area contributed by atoms with Crippen LogP contribution in [0.15, 0.2) is 24.3 Å². The fourth-order valence-electron chi connectivity index (χ4n) is 2.69. The van der Waals surface area contributed by atoms with Gasteiger partial charge in [-0.05, 0) is 13.0 Å². The molecule has 2 heterocycles. The molecule has 2 aromatic rings. The number of hydrogen-bond donors (Lipinski definition) is 0. The van der Waals surface area contributed by atoms with Crippen molar-refractivity contribution in [2.45, 2.75) is 13.3 Å². The Morgan fingerprint density at radius 1 is 1.18 bits per heavy atom. The average Bonchev–Trinajstić information content (AvgIpc) is 2.77. The summed E-state index contributed by atoms with van der Waals surface area (Å²) in [6, 6.07) is 7.21. The molecule has 0 saturated carbocycles. The molecule has 0 aliphatic carbocycles. The molecular formula is C16H14N2O4. The molecular weight excluding hydrogens is 284 g/mol. The number of benzene rings is 1. The van der Waals surface area contributed by atoms with E-state index in [-0.39, 0.29) is 18.9 Å². The number of aromatic nitrogens is 1. The van der Waals surface area contributed by atoms with E-state index in [2.05, 4.69) is 9.72 Å². The van der Waals surface area contributed by atoms with Crippen molar-refractivity contribution in [2.24, 2.45) is 0 Å². The number of hydrogen-bond acceptors (Lipinski definition) is 5. The maximum absolute atomic E-state index is 12.6. The Morgan fingerprint density at radius 2 is 1.86 bits per heavy atom. The second-order valence-corrected chi connectivity index (χ2v) is 5.05. The van der Waals surface area contributed by atoms with Crippen LogP contribution in [0.2, 0.25) is 0 Å². The molecule has 112 valence electrons. The number of carbonyl (C=O) groups is 3. The number of pyridine rings is 1. The molecule has 0 N–H and O–H groups in total. The molecule has 1 aromatic heterocycles. The third kappa shape index (κ3) is 2.04. The summed E-state index contributed by atoms with van der Waals surface area (Å²) in [4.78, 5) is 41.8. The highest BCUT2D eigenvalue weighted by Crippen LogP contribution is 2.31. The Hall–Kier alpha value is -2.76. The standard InChI is InChI=1S/C16H14N2O4/c1-9-13-14(10-5-3-4-6-11(10)17-9)16(21)18(15(13)20)8-7-12(19)22-2/h3-6H,7-8H2,1-2H3.